The number of nitriles is 1. The van der Waals surface area contributed by atoms with Crippen molar-refractivity contribution in [2.45, 2.75) is 65.0 Å². The molecule has 2 saturated heterocycles. The number of likely N-dealkylation sites (tertiary alicyclic amines) is 2. The maximum Gasteiger partial charge on any atom is 0.410 e. The molecule has 2 aliphatic rings. The molecule has 2 aliphatic heterocycles. The molecule has 0 saturated carbocycles. The standard InChI is InChI=1S/C28H35N7O3/c1-18(2)24-10-19(16-35-25(24)20(11-29)12-31-35)21-13-30-34(17-21)23-6-8-32(9-7-23)26(36)22-14-33(15-22)27(37)38-28(3,4)5/h10,12-13,16-18,22-23H,6-9,14-15H2,1-5H3. The molecule has 2 amide bonds. The summed E-state index contributed by atoms with van der Waals surface area (Å²) in [5, 5.41) is 18.5. The first-order valence-electron chi connectivity index (χ1n) is 13.3. The molecule has 200 valence electrons. The van der Waals surface area contributed by atoms with Gasteiger partial charge in [0, 0.05) is 49.7 Å². The number of hydrogen-bond acceptors (Lipinski definition) is 6. The van der Waals surface area contributed by atoms with Crippen molar-refractivity contribution in [1.29, 1.82) is 5.26 Å². The summed E-state index contributed by atoms with van der Waals surface area (Å²) in [6, 6.07) is 4.59. The Labute approximate surface area is 222 Å². The van der Waals surface area contributed by atoms with Crippen LogP contribution in [0.15, 0.2) is 30.9 Å². The van der Waals surface area contributed by atoms with E-state index in [-0.39, 0.29) is 29.9 Å². The zero-order valence-corrected chi connectivity index (χ0v) is 22.7. The van der Waals surface area contributed by atoms with E-state index in [9.17, 15) is 14.9 Å². The van der Waals surface area contributed by atoms with Crippen LogP contribution in [0.1, 0.15) is 70.5 Å². The van der Waals surface area contributed by atoms with Crippen LogP contribution in [0.4, 0.5) is 4.79 Å². The van der Waals surface area contributed by atoms with Gasteiger partial charge in [-0.3, -0.25) is 9.48 Å². The van der Waals surface area contributed by atoms with Gasteiger partial charge in [0.2, 0.25) is 5.91 Å². The highest BCUT2D eigenvalue weighted by Gasteiger charge is 2.40. The fourth-order valence-corrected chi connectivity index (χ4v) is 5.24. The minimum Gasteiger partial charge on any atom is -0.444 e. The van der Waals surface area contributed by atoms with E-state index >= 15 is 0 Å². The summed E-state index contributed by atoms with van der Waals surface area (Å²) in [7, 11) is 0. The molecular weight excluding hydrogens is 482 g/mol. The molecular formula is C28H35N7O3. The minimum absolute atomic E-state index is 0.120. The molecule has 0 aliphatic carbocycles. The number of rotatable bonds is 4. The first kappa shape index (κ1) is 25.8. The first-order chi connectivity index (χ1) is 18.0. The Bertz CT molecular complexity index is 1390. The SMILES string of the molecule is CC(C)c1cc(-c2cnn(C3CCN(C(=O)C4CN(C(=O)OC(C)(C)C)C4)CC3)c2)cn2ncc(C#N)c12. The quantitative estimate of drug-likeness (QED) is 0.513. The minimum atomic E-state index is -0.538. The largest absolute Gasteiger partial charge is 0.444 e. The lowest BCUT2D eigenvalue weighted by Crippen LogP contribution is -2.58. The van der Waals surface area contributed by atoms with Crippen molar-refractivity contribution in [3.63, 3.8) is 0 Å². The number of carbonyl (C=O) groups excluding carboxylic acids is 2. The third-order valence-electron chi connectivity index (χ3n) is 7.35. The number of pyridine rings is 1. The van der Waals surface area contributed by atoms with Crippen LogP contribution in [0.25, 0.3) is 16.6 Å². The number of aromatic nitrogens is 4. The summed E-state index contributed by atoms with van der Waals surface area (Å²) < 4.78 is 9.19. The van der Waals surface area contributed by atoms with Crippen molar-refractivity contribution >= 4 is 17.5 Å². The number of hydrogen-bond donors (Lipinski definition) is 0. The summed E-state index contributed by atoms with van der Waals surface area (Å²) in [5.41, 5.74) is 3.99. The molecule has 5 heterocycles. The zero-order valence-electron chi connectivity index (χ0n) is 22.7. The highest BCUT2D eigenvalue weighted by atomic mass is 16.6. The van der Waals surface area contributed by atoms with E-state index in [1.165, 1.54) is 0 Å². The molecule has 0 unspecified atom stereocenters. The third-order valence-corrected chi connectivity index (χ3v) is 7.35. The van der Waals surface area contributed by atoms with Crippen LogP contribution in [-0.2, 0) is 9.53 Å². The molecule has 3 aromatic rings. The molecule has 2 fully saturated rings. The first-order valence-corrected chi connectivity index (χ1v) is 13.3. The van der Waals surface area contributed by atoms with Crippen LogP contribution in [0.2, 0.25) is 0 Å². The van der Waals surface area contributed by atoms with Crippen molar-refractivity contribution in [3.8, 4) is 17.2 Å². The van der Waals surface area contributed by atoms with Gasteiger partial charge in [0.05, 0.1) is 35.4 Å². The van der Waals surface area contributed by atoms with Gasteiger partial charge in [-0.1, -0.05) is 13.8 Å². The molecule has 10 nitrogen and oxygen atoms in total. The van der Waals surface area contributed by atoms with E-state index in [2.05, 4.69) is 42.4 Å². The molecule has 0 N–H and O–H groups in total. The molecule has 0 spiro atoms. The second-order valence-electron chi connectivity index (χ2n) is 11.6. The summed E-state index contributed by atoms with van der Waals surface area (Å²) in [5.74, 6) is 0.212. The average molecular weight is 518 g/mol. The molecule has 0 atom stereocenters. The lowest BCUT2D eigenvalue weighted by atomic mass is 9.96. The van der Waals surface area contributed by atoms with Crippen molar-refractivity contribution in [3.05, 3.63) is 42.0 Å². The second-order valence-corrected chi connectivity index (χ2v) is 11.6. The predicted molar refractivity (Wildman–Crippen MR) is 141 cm³/mol. The van der Waals surface area contributed by atoms with Crippen LogP contribution in [-0.4, -0.2) is 73.0 Å². The summed E-state index contributed by atoms with van der Waals surface area (Å²) in [6.07, 6.45) is 8.80. The normalized spacial score (nSPS) is 17.1. The van der Waals surface area contributed by atoms with Crippen molar-refractivity contribution in [2.24, 2.45) is 5.92 Å². The van der Waals surface area contributed by atoms with Gasteiger partial charge in [-0.2, -0.15) is 15.5 Å². The lowest BCUT2D eigenvalue weighted by molar-refractivity contribution is -0.141. The Morgan fingerprint density at radius 1 is 1.05 bits per heavy atom. The summed E-state index contributed by atoms with van der Waals surface area (Å²) >= 11 is 0. The number of piperidine rings is 1. The highest BCUT2D eigenvalue weighted by Crippen LogP contribution is 2.31. The smallest absolute Gasteiger partial charge is 0.410 e. The van der Waals surface area contributed by atoms with E-state index in [1.807, 2.05) is 42.7 Å². The Morgan fingerprint density at radius 3 is 2.39 bits per heavy atom. The third kappa shape index (κ3) is 4.97. The topological polar surface area (TPSA) is 109 Å². The van der Waals surface area contributed by atoms with Crippen LogP contribution < -0.4 is 0 Å². The maximum absolute atomic E-state index is 13.0. The van der Waals surface area contributed by atoms with Crippen LogP contribution in [0.3, 0.4) is 0 Å². The highest BCUT2D eigenvalue weighted by molar-refractivity contribution is 5.83. The van der Waals surface area contributed by atoms with E-state index in [0.717, 1.165) is 35.0 Å². The van der Waals surface area contributed by atoms with Gasteiger partial charge < -0.3 is 14.5 Å². The van der Waals surface area contributed by atoms with Crippen molar-refractivity contribution in [1.82, 2.24) is 29.2 Å². The average Bonchev–Trinajstić information content (AvgIpc) is 3.48. The van der Waals surface area contributed by atoms with E-state index < -0.39 is 5.60 Å². The number of carbonyl (C=O) groups is 2. The van der Waals surface area contributed by atoms with Gasteiger partial charge in [0.1, 0.15) is 11.7 Å². The fourth-order valence-electron chi connectivity index (χ4n) is 5.24. The predicted octanol–water partition coefficient (Wildman–Crippen LogP) is 4.22. The Kier molecular flexibility index (Phi) is 6.63. The zero-order chi connectivity index (χ0) is 27.2. The van der Waals surface area contributed by atoms with E-state index in [0.29, 0.717) is 31.7 Å². The number of amides is 2. The van der Waals surface area contributed by atoms with Crippen LogP contribution in [0.5, 0.6) is 0 Å². The second kappa shape index (κ2) is 9.78. The van der Waals surface area contributed by atoms with Gasteiger partial charge in [0.15, 0.2) is 0 Å². The monoisotopic (exact) mass is 517 g/mol. The Morgan fingerprint density at radius 2 is 1.76 bits per heavy atom. The molecule has 0 radical (unpaired) electrons. The molecule has 3 aromatic heterocycles. The summed E-state index contributed by atoms with van der Waals surface area (Å²) in [4.78, 5) is 28.7. The maximum atomic E-state index is 13.0. The van der Waals surface area contributed by atoms with Crippen LogP contribution in [0, 0.1) is 17.2 Å². The summed E-state index contributed by atoms with van der Waals surface area (Å²) in [6.45, 7) is 11.9. The van der Waals surface area contributed by atoms with Crippen molar-refractivity contribution < 1.29 is 14.3 Å². The molecule has 0 bridgehead atoms. The Balaban J connectivity index is 1.20. The number of ether oxygens (including phenoxy) is 1. The van der Waals surface area contributed by atoms with E-state index in [1.54, 1.807) is 15.6 Å². The molecule has 0 aromatic carbocycles. The number of nitrogens with zero attached hydrogens (tertiary/aromatic N) is 7. The Hall–Kier alpha value is -3.87. The fraction of sp³-hybridized carbons (Fsp3) is 0.536. The van der Waals surface area contributed by atoms with Gasteiger partial charge in [-0.15, -0.1) is 0 Å². The molecule has 38 heavy (non-hydrogen) atoms. The molecule has 5 rings (SSSR count). The van der Waals surface area contributed by atoms with E-state index in [4.69, 9.17) is 4.74 Å². The molecule has 10 heteroatoms. The van der Waals surface area contributed by atoms with Crippen molar-refractivity contribution in [2.75, 3.05) is 26.2 Å². The number of fused-ring (bicyclic) bond motifs is 1. The van der Waals surface area contributed by atoms with Gasteiger partial charge in [-0.25, -0.2) is 9.31 Å². The van der Waals surface area contributed by atoms with Crippen LogP contribution >= 0.6 is 0 Å². The lowest BCUT2D eigenvalue weighted by Gasteiger charge is -2.42. The van der Waals surface area contributed by atoms with Gasteiger partial charge in [-0.05, 0) is 51.2 Å². The van der Waals surface area contributed by atoms with Gasteiger partial charge in [0.25, 0.3) is 0 Å². The van der Waals surface area contributed by atoms with Gasteiger partial charge >= 0.3 is 6.09 Å².